The van der Waals surface area contributed by atoms with Gasteiger partial charge in [-0.25, -0.2) is 0 Å². The van der Waals surface area contributed by atoms with E-state index in [1.807, 2.05) is 14.1 Å². The average molecular weight is 224 g/mol. The number of hydrogen-bond donors (Lipinski definition) is 3. The van der Waals surface area contributed by atoms with Crippen molar-refractivity contribution in [3.05, 3.63) is 0 Å². The first kappa shape index (κ1) is 10.9. The van der Waals surface area contributed by atoms with Crippen LogP contribution in [0, 0.1) is 0 Å². The fourth-order valence-electron chi connectivity index (χ4n) is 1.53. The second-order valence-corrected chi connectivity index (χ2v) is 4.18. The molecule has 1 fully saturated rings. The Morgan fingerprint density at radius 1 is 1.31 bits per heavy atom. The van der Waals surface area contributed by atoms with Gasteiger partial charge in [-0.05, 0) is 12.8 Å². The van der Waals surface area contributed by atoms with Crippen LogP contribution in [0.1, 0.15) is 12.8 Å². The van der Waals surface area contributed by atoms with Crippen molar-refractivity contribution in [1.82, 2.24) is 15.0 Å². The zero-order chi connectivity index (χ0) is 11.7. The first-order valence-electron chi connectivity index (χ1n) is 5.18. The summed E-state index contributed by atoms with van der Waals surface area (Å²) < 4.78 is 0. The number of nitrogens with zero attached hydrogens (tertiary/aromatic N) is 4. The van der Waals surface area contributed by atoms with Crippen LogP contribution in [0.4, 0.5) is 17.8 Å². The maximum atomic E-state index is 9.17. The Morgan fingerprint density at radius 2 is 2.00 bits per heavy atom. The molecule has 1 saturated carbocycles. The molecule has 4 N–H and O–H groups in total. The Balaban J connectivity index is 2.08. The number of nitrogen functional groups attached to an aromatic ring is 1. The van der Waals surface area contributed by atoms with Crippen LogP contribution in [-0.4, -0.2) is 46.3 Å². The highest BCUT2D eigenvalue weighted by Crippen LogP contribution is 2.23. The van der Waals surface area contributed by atoms with E-state index >= 15 is 0 Å². The molecule has 1 aliphatic carbocycles. The maximum absolute atomic E-state index is 9.17. The molecular weight excluding hydrogens is 208 g/mol. The average Bonchev–Trinajstić information content (AvgIpc) is 2.14. The van der Waals surface area contributed by atoms with Crippen LogP contribution < -0.4 is 16.0 Å². The molecule has 0 radical (unpaired) electrons. The smallest absolute Gasteiger partial charge is 0.231 e. The summed E-state index contributed by atoms with van der Waals surface area (Å²) in [5.41, 5.74) is 5.58. The molecule has 0 spiro atoms. The summed E-state index contributed by atoms with van der Waals surface area (Å²) in [6, 6.07) is 0.229. The lowest BCUT2D eigenvalue weighted by Crippen LogP contribution is -2.39. The summed E-state index contributed by atoms with van der Waals surface area (Å²) in [5.74, 6) is 1.18. The lowest BCUT2D eigenvalue weighted by atomic mass is 9.90. The van der Waals surface area contributed by atoms with E-state index in [2.05, 4.69) is 20.3 Å². The number of nitrogens with one attached hydrogen (secondary N) is 1. The summed E-state index contributed by atoms with van der Waals surface area (Å²) in [6.07, 6.45) is 1.25. The van der Waals surface area contributed by atoms with Gasteiger partial charge in [0.25, 0.3) is 0 Å². The molecule has 88 valence electrons. The van der Waals surface area contributed by atoms with Gasteiger partial charge in [0, 0.05) is 20.1 Å². The zero-order valence-corrected chi connectivity index (χ0v) is 9.38. The maximum Gasteiger partial charge on any atom is 0.231 e. The van der Waals surface area contributed by atoms with Gasteiger partial charge in [-0.2, -0.15) is 15.0 Å². The molecule has 7 heteroatoms. The molecule has 0 unspecified atom stereocenters. The number of aliphatic hydroxyl groups excluding tert-OH is 1. The Kier molecular flexibility index (Phi) is 2.78. The lowest BCUT2D eigenvalue weighted by Gasteiger charge is -2.31. The van der Waals surface area contributed by atoms with Crippen LogP contribution in [0.15, 0.2) is 0 Å². The van der Waals surface area contributed by atoms with Gasteiger partial charge in [-0.3, -0.25) is 0 Å². The van der Waals surface area contributed by atoms with E-state index < -0.39 is 0 Å². The number of rotatable bonds is 3. The minimum absolute atomic E-state index is 0.195. The van der Waals surface area contributed by atoms with Crippen molar-refractivity contribution >= 4 is 17.8 Å². The van der Waals surface area contributed by atoms with E-state index in [9.17, 15) is 0 Å². The van der Waals surface area contributed by atoms with E-state index in [1.54, 1.807) is 4.90 Å². The van der Waals surface area contributed by atoms with Crippen molar-refractivity contribution in [3.63, 3.8) is 0 Å². The Hall–Kier alpha value is -1.63. The number of aromatic nitrogens is 3. The summed E-state index contributed by atoms with van der Waals surface area (Å²) in [5, 5.41) is 12.3. The largest absolute Gasteiger partial charge is 0.393 e. The number of hydrogen-bond acceptors (Lipinski definition) is 7. The highest BCUT2D eigenvalue weighted by Gasteiger charge is 2.27. The van der Waals surface area contributed by atoms with E-state index in [1.165, 1.54) is 0 Å². The topological polar surface area (TPSA) is 100 Å². The molecule has 1 aliphatic rings. The molecule has 7 nitrogen and oxygen atoms in total. The van der Waals surface area contributed by atoms with Crippen molar-refractivity contribution in [2.24, 2.45) is 0 Å². The van der Waals surface area contributed by atoms with Crippen LogP contribution >= 0.6 is 0 Å². The van der Waals surface area contributed by atoms with Gasteiger partial charge < -0.3 is 21.1 Å². The molecule has 16 heavy (non-hydrogen) atoms. The third kappa shape index (κ3) is 2.30. The summed E-state index contributed by atoms with van der Waals surface area (Å²) in [7, 11) is 3.68. The third-order valence-corrected chi connectivity index (χ3v) is 2.49. The Labute approximate surface area is 93.7 Å². The number of nitrogens with two attached hydrogens (primary N) is 1. The SMILES string of the molecule is CN(C)c1nc(N)nc(NC2CC(O)C2)n1. The van der Waals surface area contributed by atoms with Crippen LogP contribution in [0.5, 0.6) is 0 Å². The van der Waals surface area contributed by atoms with Crippen molar-refractivity contribution in [2.75, 3.05) is 30.0 Å². The van der Waals surface area contributed by atoms with Crippen LogP contribution in [0.25, 0.3) is 0 Å². The van der Waals surface area contributed by atoms with E-state index in [0.717, 1.165) is 12.8 Å². The van der Waals surface area contributed by atoms with Gasteiger partial charge in [0.2, 0.25) is 17.8 Å². The molecule has 0 atom stereocenters. The predicted octanol–water partition coefficient (Wildman–Crippen LogP) is -0.545. The van der Waals surface area contributed by atoms with Crippen LogP contribution in [0.2, 0.25) is 0 Å². The summed E-state index contributed by atoms with van der Waals surface area (Å²) in [4.78, 5) is 14.0. The standard InChI is InChI=1S/C9H16N6O/c1-15(2)9-13-7(10)12-8(14-9)11-5-3-6(16)4-5/h5-6,16H,3-4H2,1-2H3,(H3,10,11,12,13,14). The molecule has 1 heterocycles. The normalized spacial score (nSPS) is 23.7. The highest BCUT2D eigenvalue weighted by molar-refractivity contribution is 5.41. The Bertz CT molecular complexity index is 376. The minimum Gasteiger partial charge on any atom is -0.393 e. The molecule has 1 aromatic rings. The zero-order valence-electron chi connectivity index (χ0n) is 9.38. The van der Waals surface area contributed by atoms with E-state index in [-0.39, 0.29) is 18.1 Å². The van der Waals surface area contributed by atoms with Gasteiger partial charge in [0.1, 0.15) is 0 Å². The first-order valence-corrected chi connectivity index (χ1v) is 5.18. The molecule has 0 amide bonds. The molecule has 0 aliphatic heterocycles. The van der Waals surface area contributed by atoms with E-state index in [0.29, 0.717) is 11.9 Å². The highest BCUT2D eigenvalue weighted by atomic mass is 16.3. The van der Waals surface area contributed by atoms with Crippen molar-refractivity contribution in [3.8, 4) is 0 Å². The van der Waals surface area contributed by atoms with Crippen molar-refractivity contribution in [2.45, 2.75) is 25.0 Å². The summed E-state index contributed by atoms with van der Waals surface area (Å²) >= 11 is 0. The fraction of sp³-hybridized carbons (Fsp3) is 0.667. The lowest BCUT2D eigenvalue weighted by molar-refractivity contribution is 0.0834. The van der Waals surface area contributed by atoms with Crippen molar-refractivity contribution < 1.29 is 5.11 Å². The quantitative estimate of drug-likeness (QED) is 0.633. The van der Waals surface area contributed by atoms with Crippen LogP contribution in [-0.2, 0) is 0 Å². The Morgan fingerprint density at radius 3 is 2.56 bits per heavy atom. The molecule has 2 rings (SSSR count). The minimum atomic E-state index is -0.204. The first-order chi connectivity index (χ1) is 7.54. The molecular formula is C9H16N6O. The number of anilines is 3. The van der Waals surface area contributed by atoms with Gasteiger partial charge in [-0.1, -0.05) is 0 Å². The molecule has 0 bridgehead atoms. The van der Waals surface area contributed by atoms with Gasteiger partial charge in [0.05, 0.1) is 6.10 Å². The van der Waals surface area contributed by atoms with Gasteiger partial charge in [0.15, 0.2) is 0 Å². The molecule has 1 aromatic heterocycles. The third-order valence-electron chi connectivity index (χ3n) is 2.49. The van der Waals surface area contributed by atoms with Crippen LogP contribution in [0.3, 0.4) is 0 Å². The van der Waals surface area contributed by atoms with Crippen molar-refractivity contribution in [1.29, 1.82) is 0 Å². The summed E-state index contributed by atoms with van der Waals surface area (Å²) in [6.45, 7) is 0. The fourth-order valence-corrected chi connectivity index (χ4v) is 1.53. The second-order valence-electron chi connectivity index (χ2n) is 4.18. The van der Waals surface area contributed by atoms with Gasteiger partial charge in [-0.15, -0.1) is 0 Å². The van der Waals surface area contributed by atoms with E-state index in [4.69, 9.17) is 10.8 Å². The number of aliphatic hydroxyl groups is 1. The predicted molar refractivity (Wildman–Crippen MR) is 61.2 cm³/mol. The molecule has 0 aromatic carbocycles. The second kappa shape index (κ2) is 4.09. The van der Waals surface area contributed by atoms with Gasteiger partial charge >= 0.3 is 0 Å². The molecule has 0 saturated heterocycles. The monoisotopic (exact) mass is 224 g/mol.